The first kappa shape index (κ1) is 18.1. The summed E-state index contributed by atoms with van der Waals surface area (Å²) in [6.07, 6.45) is 1.41. The van der Waals surface area contributed by atoms with Crippen molar-refractivity contribution in [3.63, 3.8) is 0 Å². The molecule has 0 atom stereocenters. The SMILES string of the molecule is CCCN(CCC)S(=O)(=O)c1cc(CNCC)ccc1F. The minimum Gasteiger partial charge on any atom is -0.313 e. The lowest BCUT2D eigenvalue weighted by atomic mass is 10.2. The molecule has 0 radical (unpaired) electrons. The highest BCUT2D eigenvalue weighted by atomic mass is 32.2. The lowest BCUT2D eigenvalue weighted by Gasteiger charge is -2.21. The predicted octanol–water partition coefficient (Wildman–Crippen LogP) is 2.75. The smallest absolute Gasteiger partial charge is 0.245 e. The van der Waals surface area contributed by atoms with E-state index in [4.69, 9.17) is 0 Å². The lowest BCUT2D eigenvalue weighted by Crippen LogP contribution is -2.33. The maximum Gasteiger partial charge on any atom is 0.245 e. The summed E-state index contributed by atoms with van der Waals surface area (Å²) in [5.41, 5.74) is 0.768. The lowest BCUT2D eigenvalue weighted by molar-refractivity contribution is 0.406. The molecular weight excluding hydrogens is 291 g/mol. The van der Waals surface area contributed by atoms with E-state index in [0.717, 1.165) is 12.1 Å². The normalized spacial score (nSPS) is 12.0. The average Bonchev–Trinajstić information content (AvgIpc) is 2.46. The molecule has 1 N–H and O–H groups in total. The first-order valence-electron chi connectivity index (χ1n) is 7.46. The predicted molar refractivity (Wildman–Crippen MR) is 83.1 cm³/mol. The van der Waals surface area contributed by atoms with Crippen molar-refractivity contribution in [1.29, 1.82) is 0 Å². The Morgan fingerprint density at radius 2 is 1.76 bits per heavy atom. The van der Waals surface area contributed by atoms with Gasteiger partial charge in [-0.3, -0.25) is 0 Å². The van der Waals surface area contributed by atoms with E-state index in [-0.39, 0.29) is 4.90 Å². The van der Waals surface area contributed by atoms with Gasteiger partial charge in [0.2, 0.25) is 10.0 Å². The van der Waals surface area contributed by atoms with E-state index in [0.29, 0.717) is 32.5 Å². The number of nitrogens with one attached hydrogen (secondary N) is 1. The first-order chi connectivity index (χ1) is 9.97. The molecule has 0 saturated carbocycles. The summed E-state index contributed by atoms with van der Waals surface area (Å²) in [7, 11) is -3.77. The molecule has 0 saturated heterocycles. The maximum atomic E-state index is 14.0. The molecule has 0 aliphatic rings. The highest BCUT2D eigenvalue weighted by Crippen LogP contribution is 2.21. The average molecular weight is 316 g/mol. The molecule has 120 valence electrons. The highest BCUT2D eigenvalue weighted by Gasteiger charge is 2.26. The third-order valence-corrected chi connectivity index (χ3v) is 5.05. The minimum absolute atomic E-state index is 0.222. The summed E-state index contributed by atoms with van der Waals surface area (Å²) in [4.78, 5) is -0.222. The van der Waals surface area contributed by atoms with Gasteiger partial charge in [-0.05, 0) is 37.1 Å². The van der Waals surface area contributed by atoms with Gasteiger partial charge in [-0.2, -0.15) is 4.31 Å². The molecule has 0 unspecified atom stereocenters. The Kier molecular flexibility index (Phi) is 7.28. The van der Waals surface area contributed by atoms with Crippen LogP contribution in [0.4, 0.5) is 4.39 Å². The Labute approximate surface area is 127 Å². The zero-order valence-corrected chi connectivity index (χ0v) is 13.8. The molecule has 0 bridgehead atoms. The van der Waals surface area contributed by atoms with E-state index in [1.54, 1.807) is 6.07 Å². The van der Waals surface area contributed by atoms with Crippen LogP contribution in [-0.2, 0) is 16.6 Å². The molecule has 4 nitrogen and oxygen atoms in total. The van der Waals surface area contributed by atoms with Crippen LogP contribution in [0.3, 0.4) is 0 Å². The number of sulfonamides is 1. The highest BCUT2D eigenvalue weighted by molar-refractivity contribution is 7.89. The number of halogens is 1. The van der Waals surface area contributed by atoms with Crippen molar-refractivity contribution in [2.45, 2.75) is 45.1 Å². The second-order valence-electron chi connectivity index (χ2n) is 4.95. The molecule has 6 heteroatoms. The monoisotopic (exact) mass is 316 g/mol. The number of nitrogens with zero attached hydrogens (tertiary/aromatic N) is 1. The molecule has 0 fully saturated rings. The van der Waals surface area contributed by atoms with Crippen LogP contribution < -0.4 is 5.32 Å². The van der Waals surface area contributed by atoms with Gasteiger partial charge in [-0.15, -0.1) is 0 Å². The third-order valence-electron chi connectivity index (χ3n) is 3.14. The van der Waals surface area contributed by atoms with Gasteiger partial charge in [0, 0.05) is 19.6 Å². The Bertz CT molecular complexity index is 541. The van der Waals surface area contributed by atoms with Crippen molar-refractivity contribution in [3.05, 3.63) is 29.6 Å². The number of rotatable bonds is 9. The zero-order valence-electron chi connectivity index (χ0n) is 13.0. The summed E-state index contributed by atoms with van der Waals surface area (Å²) in [5, 5.41) is 3.11. The van der Waals surface area contributed by atoms with Gasteiger partial charge < -0.3 is 5.32 Å². The van der Waals surface area contributed by atoms with Crippen molar-refractivity contribution >= 4 is 10.0 Å². The van der Waals surface area contributed by atoms with Gasteiger partial charge in [0.05, 0.1) is 0 Å². The standard InChI is InChI=1S/C15H25FN2O2S/c1-4-9-18(10-5-2)21(19,20)15-11-13(12-17-6-3)7-8-14(15)16/h7-8,11,17H,4-6,9-10,12H2,1-3H3. The van der Waals surface area contributed by atoms with Crippen molar-refractivity contribution in [1.82, 2.24) is 9.62 Å². The second-order valence-corrected chi connectivity index (χ2v) is 6.86. The summed E-state index contributed by atoms with van der Waals surface area (Å²) >= 11 is 0. The van der Waals surface area contributed by atoms with Gasteiger partial charge in [-0.25, -0.2) is 12.8 Å². The molecule has 21 heavy (non-hydrogen) atoms. The molecule has 0 aliphatic heterocycles. The Hall–Kier alpha value is -0.980. The molecule has 1 aromatic rings. The van der Waals surface area contributed by atoms with E-state index in [2.05, 4.69) is 5.32 Å². The molecule has 1 aromatic carbocycles. The number of hydrogen-bond acceptors (Lipinski definition) is 3. The number of benzene rings is 1. The molecular formula is C15H25FN2O2S. The molecule has 0 spiro atoms. The molecule has 1 rings (SSSR count). The van der Waals surface area contributed by atoms with E-state index < -0.39 is 15.8 Å². The number of hydrogen-bond donors (Lipinski definition) is 1. The molecule has 0 aromatic heterocycles. The van der Waals surface area contributed by atoms with Crippen LogP contribution in [0, 0.1) is 5.82 Å². The zero-order chi connectivity index (χ0) is 15.9. The van der Waals surface area contributed by atoms with E-state index in [1.807, 2.05) is 20.8 Å². The third kappa shape index (κ3) is 4.76. The summed E-state index contributed by atoms with van der Waals surface area (Å²) in [6, 6.07) is 4.28. The Morgan fingerprint density at radius 1 is 1.14 bits per heavy atom. The second kappa shape index (κ2) is 8.46. The van der Waals surface area contributed by atoms with Crippen molar-refractivity contribution in [2.24, 2.45) is 0 Å². The summed E-state index contributed by atoms with van der Waals surface area (Å²) < 4.78 is 40.6. The van der Waals surface area contributed by atoms with Crippen molar-refractivity contribution < 1.29 is 12.8 Å². The largest absolute Gasteiger partial charge is 0.313 e. The van der Waals surface area contributed by atoms with Crippen LogP contribution in [-0.4, -0.2) is 32.4 Å². The Morgan fingerprint density at radius 3 is 2.29 bits per heavy atom. The van der Waals surface area contributed by atoms with Crippen LogP contribution in [0.1, 0.15) is 39.2 Å². The topological polar surface area (TPSA) is 49.4 Å². The quantitative estimate of drug-likeness (QED) is 0.762. The van der Waals surface area contributed by atoms with E-state index >= 15 is 0 Å². The fourth-order valence-electron chi connectivity index (χ4n) is 2.11. The van der Waals surface area contributed by atoms with Gasteiger partial charge >= 0.3 is 0 Å². The maximum absolute atomic E-state index is 14.0. The van der Waals surface area contributed by atoms with Gasteiger partial charge in [-0.1, -0.05) is 26.8 Å². The van der Waals surface area contributed by atoms with Crippen molar-refractivity contribution in [3.8, 4) is 0 Å². The van der Waals surface area contributed by atoms with Gasteiger partial charge in [0.15, 0.2) is 0 Å². The minimum atomic E-state index is -3.77. The van der Waals surface area contributed by atoms with E-state index in [9.17, 15) is 12.8 Å². The fourth-order valence-corrected chi connectivity index (χ4v) is 3.85. The van der Waals surface area contributed by atoms with Crippen LogP contribution in [0.25, 0.3) is 0 Å². The summed E-state index contributed by atoms with van der Waals surface area (Å²) in [5.74, 6) is -0.688. The molecule has 0 aliphatic carbocycles. The van der Waals surface area contributed by atoms with Crippen LogP contribution in [0.2, 0.25) is 0 Å². The Balaban J connectivity index is 3.15. The van der Waals surface area contributed by atoms with E-state index in [1.165, 1.54) is 16.4 Å². The molecule has 0 amide bonds. The van der Waals surface area contributed by atoms with Gasteiger partial charge in [0.25, 0.3) is 0 Å². The van der Waals surface area contributed by atoms with Gasteiger partial charge in [0.1, 0.15) is 10.7 Å². The van der Waals surface area contributed by atoms with Crippen molar-refractivity contribution in [2.75, 3.05) is 19.6 Å². The summed E-state index contributed by atoms with van der Waals surface area (Å²) in [6.45, 7) is 7.91. The molecule has 0 heterocycles. The van der Waals surface area contributed by atoms with Crippen LogP contribution in [0.15, 0.2) is 23.1 Å². The fraction of sp³-hybridized carbons (Fsp3) is 0.600. The van der Waals surface area contributed by atoms with Crippen LogP contribution in [0.5, 0.6) is 0 Å². The van der Waals surface area contributed by atoms with Crippen LogP contribution >= 0.6 is 0 Å². The first-order valence-corrected chi connectivity index (χ1v) is 8.90.